The monoisotopic (exact) mass is 280 g/mol. The van der Waals surface area contributed by atoms with Crippen molar-refractivity contribution < 1.29 is 14.7 Å². The lowest BCUT2D eigenvalue weighted by Crippen LogP contribution is -2.43. The molecular weight excluding hydrogens is 268 g/mol. The lowest BCUT2D eigenvalue weighted by Gasteiger charge is -2.33. The number of carbonyl (C=O) groups is 2. The van der Waals surface area contributed by atoms with Gasteiger partial charge in [-0.15, -0.1) is 0 Å². The predicted octanol–water partition coefficient (Wildman–Crippen LogP) is 2.40. The summed E-state index contributed by atoms with van der Waals surface area (Å²) in [5.74, 6) is -1.10. The summed E-state index contributed by atoms with van der Waals surface area (Å²) in [4.78, 5) is 25.4. The molecule has 0 saturated heterocycles. The van der Waals surface area contributed by atoms with Gasteiger partial charge in [-0.05, 0) is 29.8 Å². The van der Waals surface area contributed by atoms with Crippen LogP contribution in [-0.4, -0.2) is 23.0 Å². The van der Waals surface area contributed by atoms with Crippen LogP contribution in [0, 0.1) is 0 Å². The molecule has 4 rings (SSSR count). The standard InChI is InChI=1S/C16H12N2O3/c19-15-14-8-9-3-1-2-4-12(9)18(14)13-6-5-10(16(20)21)7-11(13)17-15/h1-7,14H,8H2,(H,17,19)(H,20,21). The Morgan fingerprint density at radius 2 is 2.00 bits per heavy atom. The molecule has 2 aliphatic rings. The van der Waals surface area contributed by atoms with Crippen LogP contribution in [0.1, 0.15) is 15.9 Å². The summed E-state index contributed by atoms with van der Waals surface area (Å²) >= 11 is 0. The summed E-state index contributed by atoms with van der Waals surface area (Å²) in [6.07, 6.45) is 0.669. The summed E-state index contributed by atoms with van der Waals surface area (Å²) in [7, 11) is 0. The molecule has 0 saturated carbocycles. The first-order chi connectivity index (χ1) is 10.1. The van der Waals surface area contributed by atoms with E-state index in [-0.39, 0.29) is 17.5 Å². The van der Waals surface area contributed by atoms with Crippen molar-refractivity contribution in [2.45, 2.75) is 12.5 Å². The molecule has 1 amide bonds. The van der Waals surface area contributed by atoms with Crippen molar-refractivity contribution in [3.63, 3.8) is 0 Å². The average molecular weight is 280 g/mol. The third-order valence-corrected chi connectivity index (χ3v) is 4.04. The summed E-state index contributed by atoms with van der Waals surface area (Å²) in [6, 6.07) is 12.5. The van der Waals surface area contributed by atoms with Crippen molar-refractivity contribution in [1.29, 1.82) is 0 Å². The Bertz CT molecular complexity index is 785. The molecule has 2 aromatic rings. The van der Waals surface area contributed by atoms with Crippen LogP contribution in [0.4, 0.5) is 17.1 Å². The fourth-order valence-electron chi connectivity index (χ4n) is 3.09. The van der Waals surface area contributed by atoms with Crippen LogP contribution in [-0.2, 0) is 11.2 Å². The SMILES string of the molecule is O=C(O)c1ccc2c(c1)NC(=O)C1Cc3ccccc3N21. The lowest BCUT2D eigenvalue weighted by molar-refractivity contribution is -0.117. The van der Waals surface area contributed by atoms with E-state index < -0.39 is 5.97 Å². The van der Waals surface area contributed by atoms with Gasteiger partial charge in [-0.2, -0.15) is 0 Å². The van der Waals surface area contributed by atoms with E-state index >= 15 is 0 Å². The average Bonchev–Trinajstić information content (AvgIpc) is 2.87. The molecule has 0 bridgehead atoms. The molecule has 0 fully saturated rings. The maximum absolute atomic E-state index is 12.3. The highest BCUT2D eigenvalue weighted by Crippen LogP contribution is 2.44. The first-order valence-corrected chi connectivity index (χ1v) is 6.70. The van der Waals surface area contributed by atoms with Crippen molar-refractivity contribution in [1.82, 2.24) is 0 Å². The van der Waals surface area contributed by atoms with Gasteiger partial charge < -0.3 is 15.3 Å². The van der Waals surface area contributed by atoms with Gasteiger partial charge >= 0.3 is 5.97 Å². The van der Waals surface area contributed by atoms with Crippen LogP contribution >= 0.6 is 0 Å². The van der Waals surface area contributed by atoms with E-state index in [9.17, 15) is 9.59 Å². The first-order valence-electron chi connectivity index (χ1n) is 6.70. The molecule has 0 aliphatic carbocycles. The number of nitrogens with zero attached hydrogens (tertiary/aromatic N) is 1. The summed E-state index contributed by atoms with van der Waals surface area (Å²) in [6.45, 7) is 0. The summed E-state index contributed by atoms with van der Waals surface area (Å²) < 4.78 is 0. The summed E-state index contributed by atoms with van der Waals surface area (Å²) in [5.41, 5.74) is 3.71. The maximum Gasteiger partial charge on any atom is 0.335 e. The minimum atomic E-state index is -1.00. The second-order valence-electron chi connectivity index (χ2n) is 5.24. The highest BCUT2D eigenvalue weighted by Gasteiger charge is 2.39. The summed E-state index contributed by atoms with van der Waals surface area (Å²) in [5, 5.41) is 11.9. The number of carbonyl (C=O) groups excluding carboxylic acids is 1. The van der Waals surface area contributed by atoms with E-state index in [0.29, 0.717) is 12.1 Å². The Balaban J connectivity index is 1.90. The molecule has 2 N–H and O–H groups in total. The van der Waals surface area contributed by atoms with Crippen LogP contribution in [0.2, 0.25) is 0 Å². The molecule has 0 spiro atoms. The number of fused-ring (bicyclic) bond motifs is 5. The fourth-order valence-corrected chi connectivity index (χ4v) is 3.09. The van der Waals surface area contributed by atoms with Crippen LogP contribution < -0.4 is 10.2 Å². The Morgan fingerprint density at radius 1 is 1.19 bits per heavy atom. The number of hydrogen-bond acceptors (Lipinski definition) is 3. The number of amides is 1. The molecule has 2 aromatic carbocycles. The van der Waals surface area contributed by atoms with Gasteiger partial charge in [0.05, 0.1) is 16.9 Å². The number of carboxylic acids is 1. The molecule has 5 heteroatoms. The van der Waals surface area contributed by atoms with Gasteiger partial charge in [0.1, 0.15) is 6.04 Å². The predicted molar refractivity (Wildman–Crippen MR) is 78.1 cm³/mol. The number of nitrogens with one attached hydrogen (secondary N) is 1. The minimum Gasteiger partial charge on any atom is -0.478 e. The normalized spacial score (nSPS) is 18.6. The molecule has 2 aliphatic heterocycles. The number of rotatable bonds is 1. The quantitative estimate of drug-likeness (QED) is 0.841. The van der Waals surface area contributed by atoms with Gasteiger partial charge in [0.25, 0.3) is 0 Å². The fraction of sp³-hybridized carbons (Fsp3) is 0.125. The molecular formula is C16H12N2O3. The van der Waals surface area contributed by atoms with E-state index in [2.05, 4.69) is 5.32 Å². The van der Waals surface area contributed by atoms with E-state index in [0.717, 1.165) is 16.9 Å². The number of anilines is 3. The molecule has 0 aromatic heterocycles. The molecule has 1 unspecified atom stereocenters. The van der Waals surface area contributed by atoms with Crippen molar-refractivity contribution in [2.24, 2.45) is 0 Å². The van der Waals surface area contributed by atoms with Crippen LogP contribution in [0.3, 0.4) is 0 Å². The number of para-hydroxylation sites is 1. The zero-order chi connectivity index (χ0) is 14.6. The van der Waals surface area contributed by atoms with Gasteiger partial charge in [-0.25, -0.2) is 4.79 Å². The van der Waals surface area contributed by atoms with Crippen LogP contribution in [0.15, 0.2) is 42.5 Å². The maximum atomic E-state index is 12.3. The molecule has 0 radical (unpaired) electrons. The molecule has 5 nitrogen and oxygen atoms in total. The largest absolute Gasteiger partial charge is 0.478 e. The van der Waals surface area contributed by atoms with Crippen LogP contribution in [0.5, 0.6) is 0 Å². The number of aromatic carboxylic acids is 1. The second kappa shape index (κ2) is 4.09. The zero-order valence-electron chi connectivity index (χ0n) is 11.0. The van der Waals surface area contributed by atoms with Crippen molar-refractivity contribution in [3.8, 4) is 0 Å². The first kappa shape index (κ1) is 12.0. The Kier molecular flexibility index (Phi) is 2.33. The van der Waals surface area contributed by atoms with Crippen molar-refractivity contribution >= 4 is 28.9 Å². The topological polar surface area (TPSA) is 69.6 Å². The van der Waals surface area contributed by atoms with Gasteiger partial charge in [-0.1, -0.05) is 18.2 Å². The Morgan fingerprint density at radius 3 is 2.81 bits per heavy atom. The molecule has 2 heterocycles. The third-order valence-electron chi connectivity index (χ3n) is 4.04. The number of benzene rings is 2. The second-order valence-corrected chi connectivity index (χ2v) is 5.24. The number of carboxylic acid groups (broad SMARTS) is 1. The molecule has 104 valence electrons. The third kappa shape index (κ3) is 1.64. The van der Waals surface area contributed by atoms with Crippen LogP contribution in [0.25, 0.3) is 0 Å². The van der Waals surface area contributed by atoms with Gasteiger partial charge in [-0.3, -0.25) is 4.79 Å². The van der Waals surface area contributed by atoms with Crippen molar-refractivity contribution in [3.05, 3.63) is 53.6 Å². The smallest absolute Gasteiger partial charge is 0.335 e. The molecule has 21 heavy (non-hydrogen) atoms. The zero-order valence-corrected chi connectivity index (χ0v) is 11.0. The van der Waals surface area contributed by atoms with Gasteiger partial charge in [0, 0.05) is 12.1 Å². The van der Waals surface area contributed by atoms with Gasteiger partial charge in [0.2, 0.25) is 5.91 Å². The minimum absolute atomic E-state index is 0.0961. The van der Waals surface area contributed by atoms with E-state index in [1.165, 1.54) is 6.07 Å². The number of hydrogen-bond donors (Lipinski definition) is 2. The molecule has 1 atom stereocenters. The van der Waals surface area contributed by atoms with Crippen molar-refractivity contribution in [2.75, 3.05) is 10.2 Å². The Hall–Kier alpha value is -2.82. The highest BCUT2D eigenvalue weighted by atomic mass is 16.4. The Labute approximate surface area is 120 Å². The van der Waals surface area contributed by atoms with Gasteiger partial charge in [0.15, 0.2) is 0 Å². The van der Waals surface area contributed by atoms with E-state index in [1.807, 2.05) is 29.2 Å². The van der Waals surface area contributed by atoms with E-state index in [4.69, 9.17) is 5.11 Å². The van der Waals surface area contributed by atoms with E-state index in [1.54, 1.807) is 12.1 Å². The lowest BCUT2D eigenvalue weighted by atomic mass is 10.1. The highest BCUT2D eigenvalue weighted by molar-refractivity contribution is 6.08.